The molecule has 8 heteroatoms. The fraction of sp³-hybridized carbons (Fsp3) is 0.500. The first-order chi connectivity index (χ1) is 12.2. The molecule has 3 amide bonds. The summed E-state index contributed by atoms with van der Waals surface area (Å²) in [5.41, 5.74) is 0.235. The van der Waals surface area contributed by atoms with Gasteiger partial charge in [-0.2, -0.15) is 0 Å². The van der Waals surface area contributed by atoms with Crippen molar-refractivity contribution in [3.63, 3.8) is 0 Å². The van der Waals surface area contributed by atoms with E-state index in [0.29, 0.717) is 18.0 Å². The highest BCUT2D eigenvalue weighted by atomic mass is 35.5. The van der Waals surface area contributed by atoms with Crippen LogP contribution in [0.25, 0.3) is 0 Å². The van der Waals surface area contributed by atoms with E-state index in [-0.39, 0.29) is 29.0 Å². The van der Waals surface area contributed by atoms with Crippen molar-refractivity contribution in [3.8, 4) is 0 Å². The van der Waals surface area contributed by atoms with Crippen molar-refractivity contribution in [3.05, 3.63) is 33.8 Å². The number of benzene rings is 1. The number of hydrogen-bond donors (Lipinski definition) is 3. The first-order valence-electron chi connectivity index (χ1n) is 8.54. The molecule has 0 saturated carbocycles. The Kier molecular flexibility index (Phi) is 9.44. The SMILES string of the molecule is CCCNC(=O)CNC(=O)[C@@H](CC(C)C)NC(=O)c1ccc(Cl)cc1Cl. The first-order valence-corrected chi connectivity index (χ1v) is 9.30. The maximum Gasteiger partial charge on any atom is 0.253 e. The van der Waals surface area contributed by atoms with E-state index in [1.54, 1.807) is 6.07 Å². The van der Waals surface area contributed by atoms with E-state index in [2.05, 4.69) is 16.0 Å². The van der Waals surface area contributed by atoms with Crippen LogP contribution >= 0.6 is 23.2 Å². The van der Waals surface area contributed by atoms with Gasteiger partial charge in [0.2, 0.25) is 11.8 Å². The minimum Gasteiger partial charge on any atom is -0.355 e. The number of amides is 3. The van der Waals surface area contributed by atoms with Gasteiger partial charge in [0.25, 0.3) is 5.91 Å². The van der Waals surface area contributed by atoms with Crippen LogP contribution in [0.2, 0.25) is 10.0 Å². The zero-order valence-electron chi connectivity index (χ0n) is 15.2. The molecule has 1 atom stereocenters. The monoisotopic (exact) mass is 401 g/mol. The minimum atomic E-state index is -0.770. The molecule has 0 heterocycles. The summed E-state index contributed by atoms with van der Waals surface area (Å²) >= 11 is 11.9. The standard InChI is InChI=1S/C18H25Cl2N3O3/c1-4-7-21-16(24)10-22-18(26)15(8-11(2)3)23-17(25)13-6-5-12(19)9-14(13)20/h5-6,9,11,15H,4,7-8,10H2,1-3H3,(H,21,24)(H,22,26)(H,23,25)/t15-/m1/s1. The number of hydrogen-bond acceptors (Lipinski definition) is 3. The Morgan fingerprint density at radius 3 is 2.38 bits per heavy atom. The third-order valence-electron chi connectivity index (χ3n) is 3.50. The highest BCUT2D eigenvalue weighted by molar-refractivity contribution is 6.36. The molecular formula is C18H25Cl2N3O3. The van der Waals surface area contributed by atoms with Crippen molar-refractivity contribution in [2.75, 3.05) is 13.1 Å². The first kappa shape index (κ1) is 22.3. The van der Waals surface area contributed by atoms with E-state index >= 15 is 0 Å². The van der Waals surface area contributed by atoms with Gasteiger partial charge in [-0.05, 0) is 37.0 Å². The molecule has 1 aromatic rings. The highest BCUT2D eigenvalue weighted by Gasteiger charge is 2.23. The second-order valence-corrected chi connectivity index (χ2v) is 7.19. The number of carbonyl (C=O) groups is 3. The lowest BCUT2D eigenvalue weighted by Gasteiger charge is -2.20. The molecule has 0 aliphatic rings. The van der Waals surface area contributed by atoms with E-state index in [4.69, 9.17) is 23.2 Å². The number of halogens is 2. The molecule has 0 fully saturated rings. The normalized spacial score (nSPS) is 11.8. The van der Waals surface area contributed by atoms with Gasteiger partial charge in [-0.15, -0.1) is 0 Å². The fourth-order valence-corrected chi connectivity index (χ4v) is 2.72. The molecule has 3 N–H and O–H groups in total. The summed E-state index contributed by atoms with van der Waals surface area (Å²) in [6, 6.07) is 3.75. The third kappa shape index (κ3) is 7.62. The van der Waals surface area contributed by atoms with Crippen LogP contribution in [0.1, 0.15) is 44.0 Å². The molecule has 1 aromatic carbocycles. The van der Waals surface area contributed by atoms with Crippen molar-refractivity contribution < 1.29 is 14.4 Å². The van der Waals surface area contributed by atoms with Gasteiger partial charge < -0.3 is 16.0 Å². The summed E-state index contributed by atoms with van der Waals surface area (Å²) in [5.74, 6) is -0.983. The third-order valence-corrected chi connectivity index (χ3v) is 4.05. The molecule has 26 heavy (non-hydrogen) atoms. The summed E-state index contributed by atoms with van der Waals surface area (Å²) < 4.78 is 0. The molecule has 0 aliphatic heterocycles. The Morgan fingerprint density at radius 2 is 1.81 bits per heavy atom. The van der Waals surface area contributed by atoms with Gasteiger partial charge in [0.15, 0.2) is 0 Å². The average molecular weight is 402 g/mol. The number of nitrogens with one attached hydrogen (secondary N) is 3. The van der Waals surface area contributed by atoms with Crippen LogP contribution in [0.5, 0.6) is 0 Å². The summed E-state index contributed by atoms with van der Waals surface area (Å²) in [4.78, 5) is 36.5. The molecule has 1 rings (SSSR count). The molecule has 144 valence electrons. The Hall–Kier alpha value is -1.79. The van der Waals surface area contributed by atoms with Crippen molar-refractivity contribution in [2.24, 2.45) is 5.92 Å². The number of rotatable bonds is 9. The molecule has 0 aromatic heterocycles. The summed E-state index contributed by atoms with van der Waals surface area (Å²) in [6.45, 7) is 6.24. The van der Waals surface area contributed by atoms with Gasteiger partial charge in [0, 0.05) is 11.6 Å². The molecule has 0 unspecified atom stereocenters. The molecule has 0 saturated heterocycles. The Balaban J connectivity index is 2.74. The van der Waals surface area contributed by atoms with Crippen LogP contribution in [-0.2, 0) is 9.59 Å². The molecular weight excluding hydrogens is 377 g/mol. The minimum absolute atomic E-state index is 0.134. The highest BCUT2D eigenvalue weighted by Crippen LogP contribution is 2.21. The van der Waals surface area contributed by atoms with E-state index in [1.807, 2.05) is 20.8 Å². The van der Waals surface area contributed by atoms with Crippen LogP contribution in [0.3, 0.4) is 0 Å². The van der Waals surface area contributed by atoms with Crippen molar-refractivity contribution in [1.29, 1.82) is 0 Å². The van der Waals surface area contributed by atoms with E-state index in [1.165, 1.54) is 12.1 Å². The zero-order chi connectivity index (χ0) is 19.7. The van der Waals surface area contributed by atoms with Gasteiger partial charge in [-0.25, -0.2) is 0 Å². The topological polar surface area (TPSA) is 87.3 Å². The Bertz CT molecular complexity index is 651. The summed E-state index contributed by atoms with van der Waals surface area (Å²) in [7, 11) is 0. The van der Waals surface area contributed by atoms with Crippen LogP contribution in [0.15, 0.2) is 18.2 Å². The largest absolute Gasteiger partial charge is 0.355 e. The molecule has 0 bridgehead atoms. The smallest absolute Gasteiger partial charge is 0.253 e. The lowest BCUT2D eigenvalue weighted by Crippen LogP contribution is -2.49. The van der Waals surface area contributed by atoms with Gasteiger partial charge in [-0.1, -0.05) is 44.0 Å². The van der Waals surface area contributed by atoms with Gasteiger partial charge >= 0.3 is 0 Å². The van der Waals surface area contributed by atoms with Crippen LogP contribution in [-0.4, -0.2) is 36.9 Å². The van der Waals surface area contributed by atoms with E-state index < -0.39 is 17.9 Å². The molecule has 6 nitrogen and oxygen atoms in total. The second-order valence-electron chi connectivity index (χ2n) is 6.35. The predicted octanol–water partition coefficient (Wildman–Crippen LogP) is 2.78. The maximum atomic E-state index is 12.5. The summed E-state index contributed by atoms with van der Waals surface area (Å²) in [5, 5.41) is 8.54. The van der Waals surface area contributed by atoms with E-state index in [9.17, 15) is 14.4 Å². The van der Waals surface area contributed by atoms with E-state index in [0.717, 1.165) is 6.42 Å². The average Bonchev–Trinajstić information content (AvgIpc) is 2.56. The Morgan fingerprint density at radius 1 is 1.12 bits per heavy atom. The Labute approximate surface area is 164 Å². The molecule has 0 radical (unpaired) electrons. The zero-order valence-corrected chi connectivity index (χ0v) is 16.7. The summed E-state index contributed by atoms with van der Waals surface area (Å²) in [6.07, 6.45) is 1.24. The lowest BCUT2D eigenvalue weighted by molar-refractivity contribution is -0.127. The molecule has 0 aliphatic carbocycles. The quantitative estimate of drug-likeness (QED) is 0.594. The van der Waals surface area contributed by atoms with Gasteiger partial charge in [0.05, 0.1) is 17.1 Å². The van der Waals surface area contributed by atoms with Crippen LogP contribution in [0.4, 0.5) is 0 Å². The molecule has 0 spiro atoms. The predicted molar refractivity (Wildman–Crippen MR) is 103 cm³/mol. The van der Waals surface area contributed by atoms with Crippen molar-refractivity contribution in [1.82, 2.24) is 16.0 Å². The second kappa shape index (κ2) is 11.0. The lowest BCUT2D eigenvalue weighted by atomic mass is 10.0. The van der Waals surface area contributed by atoms with Gasteiger partial charge in [-0.3, -0.25) is 14.4 Å². The van der Waals surface area contributed by atoms with Crippen LogP contribution < -0.4 is 16.0 Å². The number of carbonyl (C=O) groups excluding carboxylic acids is 3. The van der Waals surface area contributed by atoms with Crippen molar-refractivity contribution in [2.45, 2.75) is 39.7 Å². The fourth-order valence-electron chi connectivity index (χ4n) is 2.23. The van der Waals surface area contributed by atoms with Crippen molar-refractivity contribution >= 4 is 40.9 Å². The maximum absolute atomic E-state index is 12.5. The van der Waals surface area contributed by atoms with Crippen LogP contribution in [0, 0.1) is 5.92 Å². The van der Waals surface area contributed by atoms with Gasteiger partial charge in [0.1, 0.15) is 6.04 Å².